The Labute approximate surface area is 124 Å². The van der Waals surface area contributed by atoms with Gasteiger partial charge in [-0.25, -0.2) is 4.79 Å². The van der Waals surface area contributed by atoms with Gasteiger partial charge in [0, 0.05) is 6.42 Å². The highest BCUT2D eigenvalue weighted by Crippen LogP contribution is 2.12. The molecule has 3 atom stereocenters. The second kappa shape index (κ2) is 7.64. The summed E-state index contributed by atoms with van der Waals surface area (Å²) in [6, 6.07) is 4.41. The van der Waals surface area contributed by atoms with E-state index in [2.05, 4.69) is 5.32 Å². The summed E-state index contributed by atoms with van der Waals surface area (Å²) in [7, 11) is 0. The molecule has 6 heteroatoms. The lowest BCUT2D eigenvalue weighted by atomic mass is 9.98. The van der Waals surface area contributed by atoms with Crippen molar-refractivity contribution < 1.29 is 19.8 Å². The maximum atomic E-state index is 12.0. The monoisotopic (exact) mass is 294 g/mol. The molecule has 0 spiro atoms. The van der Waals surface area contributed by atoms with Crippen molar-refractivity contribution in [1.29, 1.82) is 0 Å². The van der Waals surface area contributed by atoms with Gasteiger partial charge in [-0.1, -0.05) is 32.4 Å². The van der Waals surface area contributed by atoms with Gasteiger partial charge in [-0.05, 0) is 23.6 Å². The van der Waals surface area contributed by atoms with Gasteiger partial charge in [-0.3, -0.25) is 4.79 Å². The van der Waals surface area contributed by atoms with Crippen molar-refractivity contribution in [2.75, 3.05) is 0 Å². The molecule has 0 bridgehead atoms. The van der Waals surface area contributed by atoms with Crippen molar-refractivity contribution in [3.8, 4) is 5.75 Å². The van der Waals surface area contributed by atoms with Crippen LogP contribution < -0.4 is 11.1 Å². The summed E-state index contributed by atoms with van der Waals surface area (Å²) in [4.78, 5) is 23.2. The van der Waals surface area contributed by atoms with Gasteiger partial charge >= 0.3 is 5.97 Å². The molecule has 116 valence electrons. The first-order chi connectivity index (χ1) is 9.85. The molecule has 1 aromatic rings. The molecular formula is C15H22N2O4. The van der Waals surface area contributed by atoms with E-state index < -0.39 is 24.0 Å². The Morgan fingerprint density at radius 3 is 2.33 bits per heavy atom. The zero-order valence-corrected chi connectivity index (χ0v) is 12.2. The van der Waals surface area contributed by atoms with E-state index >= 15 is 0 Å². The lowest BCUT2D eigenvalue weighted by molar-refractivity contribution is -0.142. The van der Waals surface area contributed by atoms with Gasteiger partial charge in [0.05, 0.1) is 6.04 Å². The Morgan fingerprint density at radius 2 is 1.86 bits per heavy atom. The van der Waals surface area contributed by atoms with E-state index in [4.69, 9.17) is 5.73 Å². The van der Waals surface area contributed by atoms with Crippen molar-refractivity contribution >= 4 is 11.9 Å². The number of hydrogen-bond acceptors (Lipinski definition) is 4. The molecule has 0 aliphatic carbocycles. The van der Waals surface area contributed by atoms with Crippen LogP contribution in [0.15, 0.2) is 24.3 Å². The van der Waals surface area contributed by atoms with Crippen LogP contribution in [0.3, 0.4) is 0 Å². The number of rotatable bonds is 7. The fourth-order valence-corrected chi connectivity index (χ4v) is 1.85. The molecule has 1 rings (SSSR count). The van der Waals surface area contributed by atoms with Gasteiger partial charge in [-0.15, -0.1) is 0 Å². The standard InChI is InChI=1S/C15H22N2O4/c1-3-9(2)13(16)14(19)17-12(15(20)21)8-10-4-6-11(18)7-5-10/h4-7,9,12-13,18H,3,8,16H2,1-2H3,(H,17,19)(H,20,21)/t9-,12-,13-/m1/s1. The van der Waals surface area contributed by atoms with Crippen LogP contribution in [0, 0.1) is 5.92 Å². The molecule has 0 saturated carbocycles. The first kappa shape index (κ1) is 17.0. The lowest BCUT2D eigenvalue weighted by Crippen LogP contribution is -2.51. The van der Waals surface area contributed by atoms with Crippen molar-refractivity contribution in [2.45, 2.75) is 38.8 Å². The number of phenolic OH excluding ortho intramolecular Hbond substituents is 1. The summed E-state index contributed by atoms with van der Waals surface area (Å²) in [5.74, 6) is -1.50. The molecule has 5 N–H and O–H groups in total. The van der Waals surface area contributed by atoms with Crippen LogP contribution in [0.2, 0.25) is 0 Å². The number of hydrogen-bond donors (Lipinski definition) is 4. The van der Waals surface area contributed by atoms with Crippen LogP contribution in [-0.4, -0.2) is 34.2 Å². The number of carboxylic acids is 1. The molecular weight excluding hydrogens is 272 g/mol. The van der Waals surface area contributed by atoms with E-state index in [9.17, 15) is 19.8 Å². The zero-order valence-electron chi connectivity index (χ0n) is 12.2. The Balaban J connectivity index is 2.72. The van der Waals surface area contributed by atoms with Gasteiger partial charge in [0.1, 0.15) is 11.8 Å². The van der Waals surface area contributed by atoms with E-state index in [1.165, 1.54) is 12.1 Å². The van der Waals surface area contributed by atoms with Crippen molar-refractivity contribution in [2.24, 2.45) is 11.7 Å². The molecule has 21 heavy (non-hydrogen) atoms. The number of carbonyl (C=O) groups excluding carboxylic acids is 1. The minimum Gasteiger partial charge on any atom is -0.508 e. The van der Waals surface area contributed by atoms with E-state index in [0.717, 1.165) is 6.42 Å². The second-order valence-corrected chi connectivity index (χ2v) is 5.18. The average molecular weight is 294 g/mol. The molecule has 1 amide bonds. The van der Waals surface area contributed by atoms with Gasteiger partial charge in [0.15, 0.2) is 0 Å². The number of phenols is 1. The third-order valence-corrected chi connectivity index (χ3v) is 3.55. The number of aliphatic carboxylic acids is 1. The van der Waals surface area contributed by atoms with Crippen LogP contribution in [0.4, 0.5) is 0 Å². The number of benzene rings is 1. The maximum Gasteiger partial charge on any atom is 0.326 e. The first-order valence-corrected chi connectivity index (χ1v) is 6.91. The Bertz CT molecular complexity index is 487. The van der Waals surface area contributed by atoms with Crippen LogP contribution in [-0.2, 0) is 16.0 Å². The maximum absolute atomic E-state index is 12.0. The van der Waals surface area contributed by atoms with Crippen LogP contribution >= 0.6 is 0 Å². The summed E-state index contributed by atoms with van der Waals surface area (Å²) in [5, 5.41) is 20.9. The number of aromatic hydroxyl groups is 1. The van der Waals surface area contributed by atoms with Gasteiger partial charge in [-0.2, -0.15) is 0 Å². The minimum absolute atomic E-state index is 0.0203. The Morgan fingerprint density at radius 1 is 1.29 bits per heavy atom. The van der Waals surface area contributed by atoms with Gasteiger partial charge in [0.2, 0.25) is 5.91 Å². The fourth-order valence-electron chi connectivity index (χ4n) is 1.85. The summed E-state index contributed by atoms with van der Waals surface area (Å²) in [6.45, 7) is 3.77. The highest BCUT2D eigenvalue weighted by Gasteiger charge is 2.25. The third-order valence-electron chi connectivity index (χ3n) is 3.55. The summed E-state index contributed by atoms with van der Waals surface area (Å²) >= 11 is 0. The largest absolute Gasteiger partial charge is 0.508 e. The van der Waals surface area contributed by atoms with Crippen LogP contribution in [0.25, 0.3) is 0 Å². The highest BCUT2D eigenvalue weighted by molar-refractivity contribution is 5.87. The number of carbonyl (C=O) groups is 2. The smallest absolute Gasteiger partial charge is 0.326 e. The predicted octanol–water partition coefficient (Wildman–Crippen LogP) is 0.877. The minimum atomic E-state index is -1.12. The Hall–Kier alpha value is -2.08. The van der Waals surface area contributed by atoms with E-state index in [1.54, 1.807) is 12.1 Å². The number of amides is 1. The molecule has 0 aliphatic heterocycles. The highest BCUT2D eigenvalue weighted by atomic mass is 16.4. The van der Waals surface area contributed by atoms with Crippen LogP contribution in [0.1, 0.15) is 25.8 Å². The molecule has 0 aromatic heterocycles. The third kappa shape index (κ3) is 5.07. The second-order valence-electron chi connectivity index (χ2n) is 5.18. The molecule has 0 fully saturated rings. The van der Waals surface area contributed by atoms with Crippen molar-refractivity contribution in [3.05, 3.63) is 29.8 Å². The number of nitrogens with one attached hydrogen (secondary N) is 1. The zero-order chi connectivity index (χ0) is 16.0. The summed E-state index contributed by atoms with van der Waals surface area (Å²) in [5.41, 5.74) is 6.50. The van der Waals surface area contributed by atoms with Crippen LogP contribution in [0.5, 0.6) is 5.75 Å². The first-order valence-electron chi connectivity index (χ1n) is 6.91. The Kier molecular flexibility index (Phi) is 6.17. The topological polar surface area (TPSA) is 113 Å². The van der Waals surface area contributed by atoms with Crippen molar-refractivity contribution in [1.82, 2.24) is 5.32 Å². The summed E-state index contributed by atoms with van der Waals surface area (Å²) in [6.07, 6.45) is 0.874. The quantitative estimate of drug-likeness (QED) is 0.596. The molecule has 0 saturated heterocycles. The lowest BCUT2D eigenvalue weighted by Gasteiger charge is -2.21. The fraction of sp³-hybridized carbons (Fsp3) is 0.467. The normalized spacial score (nSPS) is 15.0. The predicted molar refractivity (Wildman–Crippen MR) is 78.8 cm³/mol. The van der Waals surface area contributed by atoms with E-state index in [0.29, 0.717) is 5.56 Å². The molecule has 1 aromatic carbocycles. The molecule has 6 nitrogen and oxygen atoms in total. The molecule has 0 radical (unpaired) electrons. The molecule has 0 aliphatic rings. The molecule has 0 unspecified atom stereocenters. The van der Waals surface area contributed by atoms with Crippen molar-refractivity contribution in [3.63, 3.8) is 0 Å². The number of nitrogens with two attached hydrogens (primary N) is 1. The average Bonchev–Trinajstić information content (AvgIpc) is 2.46. The van der Waals surface area contributed by atoms with E-state index in [1.807, 2.05) is 13.8 Å². The summed E-state index contributed by atoms with van der Waals surface area (Å²) < 4.78 is 0. The van der Waals surface area contributed by atoms with Gasteiger partial charge in [0.25, 0.3) is 0 Å². The van der Waals surface area contributed by atoms with E-state index in [-0.39, 0.29) is 18.1 Å². The number of carboxylic acid groups (broad SMARTS) is 1. The SMILES string of the molecule is CC[C@@H](C)[C@@H](N)C(=O)N[C@H](Cc1ccc(O)cc1)C(=O)O. The molecule has 0 heterocycles. The van der Waals surface area contributed by atoms with Gasteiger partial charge < -0.3 is 21.3 Å².